The molecule has 1 saturated heterocycles. The number of likely N-dealkylation sites (tertiary alicyclic amines) is 1. The van der Waals surface area contributed by atoms with Gasteiger partial charge in [0.15, 0.2) is 9.84 Å². The number of aryl methyl sites for hydroxylation is 3. The third-order valence-corrected chi connectivity index (χ3v) is 7.22. The van der Waals surface area contributed by atoms with Crippen LogP contribution in [-0.4, -0.2) is 48.7 Å². The Balaban J connectivity index is 1.86. The number of hydrogen-bond acceptors (Lipinski definition) is 4. The van der Waals surface area contributed by atoms with Gasteiger partial charge in [-0.1, -0.05) is 17.7 Å². The average molecular weight is 423 g/mol. The lowest BCUT2D eigenvalue weighted by atomic mass is 9.98. The van der Waals surface area contributed by atoms with E-state index in [-0.39, 0.29) is 42.5 Å². The van der Waals surface area contributed by atoms with Gasteiger partial charge in [-0.25, -0.2) is 8.42 Å². The lowest BCUT2D eigenvalue weighted by Gasteiger charge is -2.39. The van der Waals surface area contributed by atoms with Crippen molar-refractivity contribution in [2.45, 2.75) is 78.8 Å². The summed E-state index contributed by atoms with van der Waals surface area (Å²) in [5.41, 5.74) is 3.88. The van der Waals surface area contributed by atoms with Crippen LogP contribution in [0.2, 0.25) is 0 Å². The highest BCUT2D eigenvalue weighted by Crippen LogP contribution is 2.24. The molecule has 1 fully saturated rings. The molecule has 0 saturated carbocycles. The molecule has 0 spiro atoms. The van der Waals surface area contributed by atoms with E-state index in [0.29, 0.717) is 0 Å². The van der Waals surface area contributed by atoms with Crippen LogP contribution >= 0.6 is 0 Å². The number of amides is 2. The molecule has 1 aromatic rings. The Labute approximate surface area is 175 Å². The van der Waals surface area contributed by atoms with Crippen molar-refractivity contribution in [1.29, 1.82) is 0 Å². The molecule has 1 aliphatic rings. The van der Waals surface area contributed by atoms with Gasteiger partial charge in [0.1, 0.15) is 5.75 Å². The molecule has 1 N–H and O–H groups in total. The van der Waals surface area contributed by atoms with Crippen molar-refractivity contribution in [2.75, 3.05) is 16.8 Å². The highest BCUT2D eigenvalue weighted by molar-refractivity contribution is 7.92. The maximum atomic E-state index is 12.5. The lowest BCUT2D eigenvalue weighted by Crippen LogP contribution is -2.49. The molecule has 7 heteroatoms. The Bertz CT molecular complexity index is 831. The summed E-state index contributed by atoms with van der Waals surface area (Å²) in [4.78, 5) is 26.5. The van der Waals surface area contributed by atoms with Crippen LogP contribution in [-0.2, 0) is 19.4 Å². The van der Waals surface area contributed by atoms with Gasteiger partial charge in [0.05, 0.1) is 5.75 Å². The standard InChI is InChI=1S/C22H34N2O4S/c1-15-12-16(2)22(17(3)13-15)23-20(25)10-7-11-29(27,28)14-21(26)24-18(4)8-6-9-19(24)5/h12-13,18-19H,6-11,14H2,1-5H3,(H,23,25). The number of carbonyl (C=O) groups excluding carboxylic acids is 2. The van der Waals surface area contributed by atoms with Gasteiger partial charge in [0.2, 0.25) is 11.8 Å². The molecular weight excluding hydrogens is 388 g/mol. The molecule has 2 amide bonds. The van der Waals surface area contributed by atoms with E-state index in [1.54, 1.807) is 4.90 Å². The number of piperidine rings is 1. The van der Waals surface area contributed by atoms with Gasteiger partial charge in [-0.05, 0) is 71.4 Å². The topological polar surface area (TPSA) is 83.5 Å². The minimum atomic E-state index is -3.54. The summed E-state index contributed by atoms with van der Waals surface area (Å²) in [6, 6.07) is 4.16. The van der Waals surface area contributed by atoms with Gasteiger partial charge in [-0.2, -0.15) is 0 Å². The second-order valence-electron chi connectivity index (χ2n) is 8.45. The fourth-order valence-corrected chi connectivity index (χ4v) is 5.53. The highest BCUT2D eigenvalue weighted by atomic mass is 32.2. The Kier molecular flexibility index (Phi) is 7.86. The number of nitrogens with one attached hydrogen (secondary N) is 1. The Hall–Kier alpha value is -1.89. The monoisotopic (exact) mass is 422 g/mol. The first-order chi connectivity index (χ1) is 13.5. The van der Waals surface area contributed by atoms with Gasteiger partial charge in [0.25, 0.3) is 0 Å². The first-order valence-corrected chi connectivity index (χ1v) is 12.2. The van der Waals surface area contributed by atoms with Gasteiger partial charge in [0, 0.05) is 24.2 Å². The van der Waals surface area contributed by atoms with E-state index >= 15 is 0 Å². The van der Waals surface area contributed by atoms with E-state index < -0.39 is 15.6 Å². The number of sulfone groups is 1. The van der Waals surface area contributed by atoms with Crippen LogP contribution < -0.4 is 5.32 Å². The SMILES string of the molecule is Cc1cc(C)c(NC(=O)CCCS(=O)(=O)CC(=O)N2C(C)CCCC2C)c(C)c1. The molecule has 2 atom stereocenters. The molecule has 2 unspecified atom stereocenters. The maximum absolute atomic E-state index is 12.5. The summed E-state index contributed by atoms with van der Waals surface area (Å²) in [7, 11) is -3.54. The van der Waals surface area contributed by atoms with Crippen LogP contribution in [0.25, 0.3) is 0 Å². The maximum Gasteiger partial charge on any atom is 0.238 e. The van der Waals surface area contributed by atoms with Crippen molar-refractivity contribution in [3.05, 3.63) is 28.8 Å². The lowest BCUT2D eigenvalue weighted by molar-refractivity contribution is -0.134. The van der Waals surface area contributed by atoms with E-state index in [1.807, 2.05) is 46.8 Å². The van der Waals surface area contributed by atoms with E-state index in [9.17, 15) is 18.0 Å². The van der Waals surface area contributed by atoms with Crippen molar-refractivity contribution in [3.63, 3.8) is 0 Å². The van der Waals surface area contributed by atoms with Crippen LogP contribution in [0.5, 0.6) is 0 Å². The number of anilines is 1. The molecule has 2 rings (SSSR count). The third kappa shape index (κ3) is 6.56. The van der Waals surface area contributed by atoms with Crippen LogP contribution in [0.15, 0.2) is 12.1 Å². The van der Waals surface area contributed by atoms with Crippen LogP contribution in [0, 0.1) is 20.8 Å². The molecular formula is C22H34N2O4S. The van der Waals surface area contributed by atoms with Crippen LogP contribution in [0.4, 0.5) is 5.69 Å². The van der Waals surface area contributed by atoms with Gasteiger partial charge < -0.3 is 10.2 Å². The summed E-state index contributed by atoms with van der Waals surface area (Å²) in [5.74, 6) is -1.16. The molecule has 1 aromatic carbocycles. The summed E-state index contributed by atoms with van der Waals surface area (Å²) in [6.07, 6.45) is 3.20. The molecule has 6 nitrogen and oxygen atoms in total. The van der Waals surface area contributed by atoms with E-state index in [4.69, 9.17) is 0 Å². The first kappa shape index (κ1) is 23.4. The molecule has 0 aliphatic carbocycles. The van der Waals surface area contributed by atoms with Gasteiger partial charge in [-0.3, -0.25) is 9.59 Å². The van der Waals surface area contributed by atoms with Crippen LogP contribution in [0.3, 0.4) is 0 Å². The molecule has 0 aromatic heterocycles. The third-order valence-electron chi connectivity index (χ3n) is 5.63. The second-order valence-corrected chi connectivity index (χ2v) is 10.6. The minimum absolute atomic E-state index is 0.0771. The summed E-state index contributed by atoms with van der Waals surface area (Å²) in [5, 5.41) is 2.89. The van der Waals surface area contributed by atoms with E-state index in [0.717, 1.165) is 41.6 Å². The highest BCUT2D eigenvalue weighted by Gasteiger charge is 2.31. The zero-order valence-corrected chi connectivity index (χ0v) is 19.1. The van der Waals surface area contributed by atoms with Crippen molar-refractivity contribution in [1.82, 2.24) is 4.90 Å². The largest absolute Gasteiger partial charge is 0.336 e. The summed E-state index contributed by atoms with van der Waals surface area (Å²) < 4.78 is 24.8. The zero-order valence-electron chi connectivity index (χ0n) is 18.2. The van der Waals surface area contributed by atoms with E-state index in [2.05, 4.69) is 5.32 Å². The zero-order chi connectivity index (χ0) is 21.8. The Morgan fingerprint density at radius 2 is 1.62 bits per heavy atom. The smallest absolute Gasteiger partial charge is 0.238 e. The average Bonchev–Trinajstić information content (AvgIpc) is 2.57. The molecule has 0 bridgehead atoms. The minimum Gasteiger partial charge on any atom is -0.336 e. The van der Waals surface area contributed by atoms with Crippen molar-refractivity contribution in [2.24, 2.45) is 0 Å². The summed E-state index contributed by atoms with van der Waals surface area (Å²) >= 11 is 0. The fourth-order valence-electron chi connectivity index (χ4n) is 4.28. The Morgan fingerprint density at radius 3 is 2.17 bits per heavy atom. The molecule has 1 heterocycles. The number of hydrogen-bond donors (Lipinski definition) is 1. The number of carbonyl (C=O) groups is 2. The molecule has 162 valence electrons. The van der Waals surface area contributed by atoms with Gasteiger partial charge in [-0.15, -0.1) is 0 Å². The fraction of sp³-hybridized carbons (Fsp3) is 0.636. The molecule has 0 radical (unpaired) electrons. The number of benzene rings is 1. The second kappa shape index (κ2) is 9.74. The summed E-state index contributed by atoms with van der Waals surface area (Å²) in [6.45, 7) is 9.82. The first-order valence-electron chi connectivity index (χ1n) is 10.4. The molecule has 1 aliphatic heterocycles. The number of rotatable bonds is 7. The predicted octanol–water partition coefficient (Wildman–Crippen LogP) is 3.53. The van der Waals surface area contributed by atoms with Crippen molar-refractivity contribution >= 4 is 27.3 Å². The Morgan fingerprint density at radius 1 is 1.07 bits per heavy atom. The predicted molar refractivity (Wildman–Crippen MR) is 117 cm³/mol. The normalized spacial score (nSPS) is 19.8. The quantitative estimate of drug-likeness (QED) is 0.728. The van der Waals surface area contributed by atoms with Crippen molar-refractivity contribution < 1.29 is 18.0 Å². The van der Waals surface area contributed by atoms with Gasteiger partial charge >= 0.3 is 0 Å². The van der Waals surface area contributed by atoms with Crippen LogP contribution in [0.1, 0.15) is 62.6 Å². The number of nitrogens with zero attached hydrogens (tertiary/aromatic N) is 1. The van der Waals surface area contributed by atoms with E-state index in [1.165, 1.54) is 0 Å². The van der Waals surface area contributed by atoms with Crippen molar-refractivity contribution in [3.8, 4) is 0 Å². The molecule has 29 heavy (non-hydrogen) atoms.